The molecule has 0 aliphatic rings. The van der Waals surface area contributed by atoms with E-state index in [0.717, 1.165) is 0 Å². The summed E-state index contributed by atoms with van der Waals surface area (Å²) in [4.78, 5) is 35.0. The second kappa shape index (κ2) is 6.95. The third-order valence-electron chi connectivity index (χ3n) is 3.60. The molecule has 0 heterocycles. The van der Waals surface area contributed by atoms with Gasteiger partial charge in [-0.3, -0.25) is 25.0 Å². The van der Waals surface area contributed by atoms with Crippen molar-refractivity contribution in [3.05, 3.63) is 67.8 Å². The van der Waals surface area contributed by atoms with Gasteiger partial charge in [-0.25, -0.2) is 0 Å². The molecule has 0 saturated heterocycles. The first-order valence-electron chi connectivity index (χ1n) is 7.23. The Kier molecular flexibility index (Phi) is 4.97. The highest BCUT2D eigenvalue weighted by Gasteiger charge is 2.19. The van der Waals surface area contributed by atoms with Crippen LogP contribution < -0.4 is 10.2 Å². The zero-order valence-electron chi connectivity index (χ0n) is 13.8. The van der Waals surface area contributed by atoms with Crippen molar-refractivity contribution >= 4 is 28.7 Å². The van der Waals surface area contributed by atoms with E-state index in [1.165, 1.54) is 36.4 Å². The van der Waals surface area contributed by atoms with Gasteiger partial charge in [-0.05, 0) is 18.6 Å². The topological polar surface area (TPSA) is 119 Å². The smallest absolute Gasteiger partial charge is 0.271 e. The molecule has 2 aromatic rings. The summed E-state index contributed by atoms with van der Waals surface area (Å²) in [7, 11) is 3.41. The molecule has 9 nitrogen and oxygen atoms in total. The van der Waals surface area contributed by atoms with E-state index in [4.69, 9.17) is 0 Å². The largest absolute Gasteiger partial charge is 0.377 e. The minimum atomic E-state index is -0.588. The molecule has 0 saturated carbocycles. The molecule has 0 aromatic heterocycles. The Hall–Kier alpha value is -3.49. The van der Waals surface area contributed by atoms with E-state index >= 15 is 0 Å². The summed E-state index contributed by atoms with van der Waals surface area (Å²) >= 11 is 0. The van der Waals surface area contributed by atoms with Gasteiger partial charge in [0.25, 0.3) is 17.3 Å². The molecule has 25 heavy (non-hydrogen) atoms. The molecule has 0 spiro atoms. The Labute approximate surface area is 143 Å². The monoisotopic (exact) mass is 344 g/mol. The van der Waals surface area contributed by atoms with Gasteiger partial charge < -0.3 is 10.2 Å². The van der Waals surface area contributed by atoms with Crippen LogP contribution in [-0.2, 0) is 0 Å². The van der Waals surface area contributed by atoms with Gasteiger partial charge >= 0.3 is 0 Å². The quantitative estimate of drug-likeness (QED) is 0.657. The van der Waals surface area contributed by atoms with E-state index in [0.29, 0.717) is 11.3 Å². The van der Waals surface area contributed by atoms with Gasteiger partial charge in [-0.2, -0.15) is 0 Å². The lowest BCUT2D eigenvalue weighted by atomic mass is 10.1. The van der Waals surface area contributed by atoms with Crippen molar-refractivity contribution in [2.45, 2.75) is 6.92 Å². The fourth-order valence-corrected chi connectivity index (χ4v) is 2.26. The molecular weight excluding hydrogens is 328 g/mol. The van der Waals surface area contributed by atoms with Crippen LogP contribution in [0.4, 0.5) is 22.7 Å². The number of carbonyl (C=O) groups excluding carboxylic acids is 1. The van der Waals surface area contributed by atoms with Gasteiger partial charge in [0.2, 0.25) is 0 Å². The Bertz CT molecular complexity index is 864. The van der Waals surface area contributed by atoms with Crippen molar-refractivity contribution in [1.82, 2.24) is 0 Å². The summed E-state index contributed by atoms with van der Waals surface area (Å²) in [6.45, 7) is 1.69. The summed E-state index contributed by atoms with van der Waals surface area (Å²) in [5.41, 5.74) is 1.13. The van der Waals surface area contributed by atoms with Crippen LogP contribution >= 0.6 is 0 Å². The maximum Gasteiger partial charge on any atom is 0.271 e. The Balaban J connectivity index is 2.44. The Morgan fingerprint density at radius 3 is 2.12 bits per heavy atom. The summed E-state index contributed by atoms with van der Waals surface area (Å²) < 4.78 is 0. The summed E-state index contributed by atoms with van der Waals surface area (Å²) in [6.07, 6.45) is 0. The molecule has 0 atom stereocenters. The lowest BCUT2D eigenvalue weighted by molar-refractivity contribution is -0.385. The molecule has 0 aliphatic heterocycles. The normalized spacial score (nSPS) is 10.2. The van der Waals surface area contributed by atoms with Crippen LogP contribution in [0.5, 0.6) is 0 Å². The van der Waals surface area contributed by atoms with Crippen LogP contribution in [0.2, 0.25) is 0 Å². The number of rotatable bonds is 5. The fraction of sp³-hybridized carbons (Fsp3) is 0.188. The number of hydrogen-bond donors (Lipinski definition) is 1. The van der Waals surface area contributed by atoms with E-state index in [-0.39, 0.29) is 22.6 Å². The molecule has 2 rings (SSSR count). The van der Waals surface area contributed by atoms with Crippen molar-refractivity contribution in [2.24, 2.45) is 0 Å². The predicted molar refractivity (Wildman–Crippen MR) is 93.2 cm³/mol. The number of carbonyl (C=O) groups is 1. The molecule has 0 unspecified atom stereocenters. The number of nitrogens with one attached hydrogen (secondary N) is 1. The first kappa shape index (κ1) is 17.9. The summed E-state index contributed by atoms with van der Waals surface area (Å²) in [6, 6.07) is 8.08. The minimum absolute atomic E-state index is 0.102. The standard InChI is InChI=1S/C16H16N4O5/c1-10-4-5-12(20(24)25)9-14(10)17-16(21)13-8-11(19(22)23)6-7-15(13)18(2)3/h4-9H,1-3H3,(H,17,21). The molecule has 0 fully saturated rings. The SMILES string of the molecule is Cc1ccc([N+](=O)[O-])cc1NC(=O)c1cc([N+](=O)[O-])ccc1N(C)C. The molecule has 0 bridgehead atoms. The minimum Gasteiger partial charge on any atom is -0.377 e. The number of anilines is 2. The van der Waals surface area contributed by atoms with Crippen LogP contribution in [0.25, 0.3) is 0 Å². The van der Waals surface area contributed by atoms with Crippen LogP contribution in [0.1, 0.15) is 15.9 Å². The van der Waals surface area contributed by atoms with Gasteiger partial charge in [-0.1, -0.05) is 6.07 Å². The zero-order chi connectivity index (χ0) is 18.7. The molecule has 130 valence electrons. The van der Waals surface area contributed by atoms with Crippen LogP contribution in [0.15, 0.2) is 36.4 Å². The second-order valence-corrected chi connectivity index (χ2v) is 5.56. The number of hydrogen-bond acceptors (Lipinski definition) is 6. The average molecular weight is 344 g/mol. The third-order valence-corrected chi connectivity index (χ3v) is 3.60. The van der Waals surface area contributed by atoms with E-state index < -0.39 is 15.8 Å². The highest BCUT2D eigenvalue weighted by Crippen LogP contribution is 2.27. The Morgan fingerprint density at radius 2 is 1.56 bits per heavy atom. The van der Waals surface area contributed by atoms with Gasteiger partial charge in [0.1, 0.15) is 0 Å². The molecule has 9 heteroatoms. The van der Waals surface area contributed by atoms with Crippen molar-refractivity contribution in [2.75, 3.05) is 24.3 Å². The van der Waals surface area contributed by atoms with Crippen molar-refractivity contribution < 1.29 is 14.6 Å². The predicted octanol–water partition coefficient (Wildman–Crippen LogP) is 3.13. The van der Waals surface area contributed by atoms with Gasteiger partial charge in [-0.15, -0.1) is 0 Å². The lowest BCUT2D eigenvalue weighted by Gasteiger charge is -2.17. The fourth-order valence-electron chi connectivity index (χ4n) is 2.26. The maximum atomic E-state index is 12.6. The van der Waals surface area contributed by atoms with Gasteiger partial charge in [0, 0.05) is 44.0 Å². The number of benzene rings is 2. The van der Waals surface area contributed by atoms with Gasteiger partial charge in [0.15, 0.2) is 0 Å². The number of non-ortho nitro benzene ring substituents is 2. The Morgan fingerprint density at radius 1 is 1.00 bits per heavy atom. The number of nitrogens with zero attached hydrogens (tertiary/aromatic N) is 3. The lowest BCUT2D eigenvalue weighted by Crippen LogP contribution is -2.19. The molecule has 2 aromatic carbocycles. The van der Waals surface area contributed by atoms with E-state index in [9.17, 15) is 25.0 Å². The first-order valence-corrected chi connectivity index (χ1v) is 7.23. The van der Waals surface area contributed by atoms with E-state index in [1.807, 2.05) is 0 Å². The van der Waals surface area contributed by atoms with Gasteiger partial charge in [0.05, 0.1) is 21.1 Å². The third kappa shape index (κ3) is 3.89. The van der Waals surface area contributed by atoms with Crippen LogP contribution in [-0.4, -0.2) is 29.8 Å². The molecule has 0 radical (unpaired) electrons. The van der Waals surface area contributed by atoms with Crippen molar-refractivity contribution in [1.29, 1.82) is 0 Å². The summed E-state index contributed by atoms with van der Waals surface area (Å²) in [5, 5.41) is 24.5. The van der Waals surface area contributed by atoms with Crippen LogP contribution in [0.3, 0.4) is 0 Å². The second-order valence-electron chi connectivity index (χ2n) is 5.56. The number of aryl methyl sites for hydroxylation is 1. The molecule has 0 aliphatic carbocycles. The molecule has 1 amide bonds. The average Bonchev–Trinajstić information content (AvgIpc) is 2.55. The highest BCUT2D eigenvalue weighted by atomic mass is 16.6. The summed E-state index contributed by atoms with van der Waals surface area (Å²) in [5.74, 6) is -0.587. The molecular formula is C16H16N4O5. The first-order chi connectivity index (χ1) is 11.7. The van der Waals surface area contributed by atoms with E-state index in [2.05, 4.69) is 5.32 Å². The number of nitro benzene ring substituents is 2. The van der Waals surface area contributed by atoms with Crippen molar-refractivity contribution in [3.8, 4) is 0 Å². The molecule has 1 N–H and O–H groups in total. The maximum absolute atomic E-state index is 12.6. The number of amides is 1. The van der Waals surface area contributed by atoms with Crippen LogP contribution in [0, 0.1) is 27.2 Å². The van der Waals surface area contributed by atoms with Crippen molar-refractivity contribution in [3.63, 3.8) is 0 Å². The number of nitro groups is 2. The van der Waals surface area contributed by atoms with E-state index in [1.54, 1.807) is 25.9 Å². The zero-order valence-corrected chi connectivity index (χ0v) is 13.8. The highest BCUT2D eigenvalue weighted by molar-refractivity contribution is 6.09.